The Morgan fingerprint density at radius 2 is 1.43 bits per heavy atom. The third kappa shape index (κ3) is 228. The first-order valence-corrected chi connectivity index (χ1v) is 7.23. The van der Waals surface area contributed by atoms with Crippen LogP contribution in [0.4, 0.5) is 0 Å². The molecule has 1 atom stereocenters. The molecule has 0 aromatic rings. The summed E-state index contributed by atoms with van der Waals surface area (Å²) in [5.41, 5.74) is 0. The van der Waals surface area contributed by atoms with Crippen molar-refractivity contribution >= 4 is 18.9 Å². The maximum Gasteiger partial charge on any atom is 0.142 e. The molecule has 0 aromatic carbocycles. The number of aldehydes is 3. The topological polar surface area (TPSA) is 143 Å². The van der Waals surface area contributed by atoms with Gasteiger partial charge in [-0.3, -0.25) is 4.79 Å². The summed E-state index contributed by atoms with van der Waals surface area (Å²) in [6, 6.07) is 0. The summed E-state index contributed by atoms with van der Waals surface area (Å²) in [6.45, 7) is 9.15. The minimum Gasteiger partial charge on any atom is -0.412 e. The van der Waals surface area contributed by atoms with Gasteiger partial charge in [0.05, 0.1) is 6.10 Å². The summed E-state index contributed by atoms with van der Waals surface area (Å²) >= 11 is 0. The minimum atomic E-state index is -0.470. The third-order valence-corrected chi connectivity index (χ3v) is 1.22. The second kappa shape index (κ2) is 58.8. The maximum absolute atomic E-state index is 9.46. The molecule has 0 spiro atoms. The maximum atomic E-state index is 9.46. The molecule has 0 aliphatic carbocycles. The molecule has 0 saturated heterocycles. The van der Waals surface area contributed by atoms with E-state index >= 15 is 0 Å². The van der Waals surface area contributed by atoms with Crippen molar-refractivity contribution in [2.24, 2.45) is 0 Å². The van der Waals surface area contributed by atoms with E-state index in [9.17, 15) is 9.59 Å². The molecule has 7 heteroatoms. The van der Waals surface area contributed by atoms with Crippen molar-refractivity contribution in [2.45, 2.75) is 60.0 Å². The fourth-order valence-corrected chi connectivity index (χ4v) is 0.376. The molecule has 0 bridgehead atoms. The standard InChI is InChI=1S/C4H8O2.C4H10O.C4H6O.C2H6O.C2H4O.H2O/c1-4(6)2-3-5;2*1-2-3-4-5;2*1-2-3;/h3-4,6H,2H2,1H3;5H,2-4H2,1H3;2-4H,1H3;3H,2H2,1H3;2H,1H3;1H2/b;;3-2+;;;. The molecule has 0 saturated carbocycles. The number of aliphatic hydroxyl groups is 3. The van der Waals surface area contributed by atoms with Gasteiger partial charge in [-0.15, -0.1) is 0 Å². The van der Waals surface area contributed by atoms with Gasteiger partial charge < -0.3 is 30.4 Å². The third-order valence-electron chi connectivity index (χ3n) is 1.22. The summed E-state index contributed by atoms with van der Waals surface area (Å²) in [4.78, 5) is 27.6. The Bertz CT molecular complexity index is 203. The fourth-order valence-electron chi connectivity index (χ4n) is 0.376. The molecule has 0 aromatic heterocycles. The molecule has 0 amide bonds. The largest absolute Gasteiger partial charge is 0.412 e. The van der Waals surface area contributed by atoms with E-state index in [2.05, 4.69) is 6.92 Å². The van der Waals surface area contributed by atoms with Crippen molar-refractivity contribution < 1.29 is 35.2 Å². The van der Waals surface area contributed by atoms with Crippen molar-refractivity contribution in [1.82, 2.24) is 0 Å². The zero-order valence-corrected chi connectivity index (χ0v) is 15.1. The Morgan fingerprint density at radius 3 is 1.43 bits per heavy atom. The SMILES string of the molecule is C/C=C/C=O.CC(O)CC=O.CC=O.CCCCO.CCO.O. The number of hydrogen-bond acceptors (Lipinski definition) is 6. The van der Waals surface area contributed by atoms with E-state index in [1.807, 2.05) is 0 Å². The number of unbranched alkanes of at least 4 members (excludes halogenated alkanes) is 1. The van der Waals surface area contributed by atoms with Crippen LogP contribution < -0.4 is 0 Å². The van der Waals surface area contributed by atoms with Crippen molar-refractivity contribution in [2.75, 3.05) is 13.2 Å². The lowest BCUT2D eigenvalue weighted by molar-refractivity contribution is -0.109. The molecule has 23 heavy (non-hydrogen) atoms. The van der Waals surface area contributed by atoms with Gasteiger partial charge in [-0.2, -0.15) is 0 Å². The summed E-state index contributed by atoms with van der Waals surface area (Å²) in [5, 5.41) is 24.0. The number of rotatable bonds is 5. The summed E-state index contributed by atoms with van der Waals surface area (Å²) in [5.74, 6) is 0. The molecule has 5 N–H and O–H groups in total. The van der Waals surface area contributed by atoms with Gasteiger partial charge in [0.15, 0.2) is 0 Å². The number of aliphatic hydroxyl groups excluding tert-OH is 3. The highest BCUT2D eigenvalue weighted by atomic mass is 16.3. The Balaban J connectivity index is -0.0000000399. The second-order valence-corrected chi connectivity index (χ2v) is 3.54. The van der Waals surface area contributed by atoms with Crippen molar-refractivity contribution in [3.8, 4) is 0 Å². The van der Waals surface area contributed by atoms with E-state index < -0.39 is 6.10 Å². The molecule has 142 valence electrons. The molecule has 1 unspecified atom stereocenters. The van der Waals surface area contributed by atoms with Crippen LogP contribution in [0.5, 0.6) is 0 Å². The van der Waals surface area contributed by atoms with Crippen molar-refractivity contribution in [3.63, 3.8) is 0 Å². The number of carbonyl (C=O) groups is 3. The van der Waals surface area contributed by atoms with Crippen molar-refractivity contribution in [1.29, 1.82) is 0 Å². The Hall–Kier alpha value is -1.41. The molecular formula is C16H36O7. The number of hydrogen-bond donors (Lipinski definition) is 3. The molecule has 0 radical (unpaired) electrons. The molecule has 0 fully saturated rings. The first-order chi connectivity index (χ1) is 10.4. The molecule has 7 nitrogen and oxygen atoms in total. The normalized spacial score (nSPS) is 8.70. The van der Waals surface area contributed by atoms with E-state index in [-0.39, 0.29) is 18.5 Å². The average molecular weight is 340 g/mol. The van der Waals surface area contributed by atoms with Gasteiger partial charge in [0, 0.05) is 19.6 Å². The van der Waals surface area contributed by atoms with Crippen LogP contribution in [-0.4, -0.2) is 59.0 Å². The van der Waals surface area contributed by atoms with Gasteiger partial charge in [-0.1, -0.05) is 19.4 Å². The lowest BCUT2D eigenvalue weighted by Crippen LogP contribution is -1.97. The average Bonchev–Trinajstić information content (AvgIpc) is 2.43. The predicted octanol–water partition coefficient (Wildman–Crippen LogP) is 0.875. The van der Waals surface area contributed by atoms with Crippen LogP contribution in [0.15, 0.2) is 12.2 Å². The van der Waals surface area contributed by atoms with Crippen LogP contribution in [0.2, 0.25) is 0 Å². The predicted molar refractivity (Wildman–Crippen MR) is 93.3 cm³/mol. The van der Waals surface area contributed by atoms with Crippen LogP contribution in [-0.2, 0) is 14.4 Å². The Labute approximate surface area is 140 Å². The van der Waals surface area contributed by atoms with E-state index in [4.69, 9.17) is 20.1 Å². The first kappa shape index (κ1) is 37.7. The van der Waals surface area contributed by atoms with Gasteiger partial charge in [-0.25, -0.2) is 0 Å². The highest BCUT2D eigenvalue weighted by Gasteiger charge is 1.87. The quantitative estimate of drug-likeness (QED) is 0.500. The monoisotopic (exact) mass is 340 g/mol. The van der Waals surface area contributed by atoms with Crippen LogP contribution >= 0.6 is 0 Å². The summed E-state index contributed by atoms with van der Waals surface area (Å²) in [6.07, 6.45) is 7.15. The van der Waals surface area contributed by atoms with E-state index in [0.29, 0.717) is 12.9 Å². The van der Waals surface area contributed by atoms with Crippen LogP contribution in [0.3, 0.4) is 0 Å². The second-order valence-electron chi connectivity index (χ2n) is 3.54. The number of allylic oxidation sites excluding steroid dienone is 2. The lowest BCUT2D eigenvalue weighted by Gasteiger charge is -1.89. The van der Waals surface area contributed by atoms with E-state index in [1.165, 1.54) is 13.0 Å². The summed E-state index contributed by atoms with van der Waals surface area (Å²) in [7, 11) is 0. The van der Waals surface area contributed by atoms with Crippen LogP contribution in [0.25, 0.3) is 0 Å². The van der Waals surface area contributed by atoms with Crippen molar-refractivity contribution in [3.05, 3.63) is 12.2 Å². The highest BCUT2D eigenvalue weighted by Crippen LogP contribution is 1.80. The van der Waals surface area contributed by atoms with Crippen LogP contribution in [0, 0.1) is 0 Å². The smallest absolute Gasteiger partial charge is 0.142 e. The molecule has 0 rings (SSSR count). The zero-order chi connectivity index (χ0) is 18.6. The van der Waals surface area contributed by atoms with E-state index in [1.54, 1.807) is 26.8 Å². The Kier molecular flexibility index (Phi) is 96.3. The van der Waals surface area contributed by atoms with Gasteiger partial charge in [0.2, 0.25) is 0 Å². The molecule has 0 aliphatic rings. The lowest BCUT2D eigenvalue weighted by atomic mass is 10.3. The van der Waals surface area contributed by atoms with Crippen LogP contribution in [0.1, 0.15) is 53.9 Å². The fraction of sp³-hybridized carbons (Fsp3) is 0.688. The highest BCUT2D eigenvalue weighted by molar-refractivity contribution is 5.64. The van der Waals surface area contributed by atoms with Gasteiger partial charge in [0.1, 0.15) is 18.9 Å². The summed E-state index contributed by atoms with van der Waals surface area (Å²) < 4.78 is 0. The molecule has 0 heterocycles. The van der Waals surface area contributed by atoms with Gasteiger partial charge in [0.25, 0.3) is 0 Å². The van der Waals surface area contributed by atoms with E-state index in [0.717, 1.165) is 25.4 Å². The zero-order valence-electron chi connectivity index (χ0n) is 15.1. The molecule has 0 aliphatic heterocycles. The van der Waals surface area contributed by atoms with Gasteiger partial charge >= 0.3 is 0 Å². The first-order valence-electron chi connectivity index (χ1n) is 7.23. The number of carbonyl (C=O) groups excluding carboxylic acids is 3. The molecular weight excluding hydrogens is 304 g/mol. The minimum absolute atomic E-state index is 0. The Morgan fingerprint density at radius 1 is 1.04 bits per heavy atom. The van der Waals surface area contributed by atoms with Gasteiger partial charge in [-0.05, 0) is 40.2 Å².